The van der Waals surface area contributed by atoms with Crippen LogP contribution in [0.15, 0.2) is 0 Å². The maximum absolute atomic E-state index is 11.6. The number of carbonyl (C=O) groups is 2. The molecule has 0 aromatic rings. The third-order valence-electron chi connectivity index (χ3n) is 2.59. The minimum atomic E-state index is -0.292. The molecule has 2 bridgehead atoms. The molecule has 0 N–H and O–H groups in total. The minimum absolute atomic E-state index is 0.0350. The van der Waals surface area contributed by atoms with Crippen LogP contribution in [0, 0.1) is 5.92 Å². The molecule has 2 rings (SSSR count). The molecule has 2 saturated heterocycles. The normalized spacial score (nSPS) is 31.3. The van der Waals surface area contributed by atoms with E-state index in [-0.39, 0.29) is 29.9 Å². The summed E-state index contributed by atoms with van der Waals surface area (Å²) in [5, 5.41) is 0. The van der Waals surface area contributed by atoms with E-state index in [0.717, 1.165) is 0 Å². The van der Waals surface area contributed by atoms with Crippen molar-refractivity contribution in [1.82, 2.24) is 4.90 Å². The van der Waals surface area contributed by atoms with E-state index in [1.807, 2.05) is 13.8 Å². The van der Waals surface area contributed by atoms with Gasteiger partial charge in [0.2, 0.25) is 5.91 Å². The van der Waals surface area contributed by atoms with Gasteiger partial charge in [0.1, 0.15) is 12.1 Å². The molecule has 2 unspecified atom stereocenters. The monoisotopic (exact) mass is 183 g/mol. The topological polar surface area (TPSA) is 46.6 Å². The number of morpholine rings is 1. The van der Waals surface area contributed by atoms with Crippen LogP contribution in [0.4, 0.5) is 0 Å². The number of nitrogens with zero attached hydrogens (tertiary/aromatic N) is 1. The lowest BCUT2D eigenvalue weighted by Gasteiger charge is -2.27. The highest BCUT2D eigenvalue weighted by Gasteiger charge is 2.48. The predicted molar refractivity (Wildman–Crippen MR) is 44.8 cm³/mol. The number of likely N-dealkylation sites (tertiary alicyclic amines) is 1. The maximum atomic E-state index is 11.6. The van der Waals surface area contributed by atoms with Gasteiger partial charge in [-0.15, -0.1) is 0 Å². The molecule has 2 aliphatic rings. The van der Waals surface area contributed by atoms with E-state index in [9.17, 15) is 9.59 Å². The van der Waals surface area contributed by atoms with Crippen LogP contribution in [0.1, 0.15) is 20.3 Å². The fourth-order valence-electron chi connectivity index (χ4n) is 1.92. The predicted octanol–water partition coefficient (Wildman–Crippen LogP) is 0.169. The largest absolute Gasteiger partial charge is 0.459 e. The third kappa shape index (κ3) is 1.20. The average molecular weight is 183 g/mol. The second-order valence-corrected chi connectivity index (χ2v) is 3.96. The van der Waals surface area contributed by atoms with Crippen molar-refractivity contribution < 1.29 is 14.3 Å². The van der Waals surface area contributed by atoms with E-state index in [4.69, 9.17) is 4.74 Å². The highest BCUT2D eigenvalue weighted by molar-refractivity contribution is 5.88. The van der Waals surface area contributed by atoms with Gasteiger partial charge in [0, 0.05) is 12.3 Å². The Hall–Kier alpha value is -1.06. The van der Waals surface area contributed by atoms with Crippen molar-refractivity contribution in [2.75, 3.05) is 6.54 Å². The molecule has 1 amide bonds. The summed E-state index contributed by atoms with van der Waals surface area (Å²) in [5.74, 6) is -0.207. The maximum Gasteiger partial charge on any atom is 0.329 e. The first-order valence-corrected chi connectivity index (χ1v) is 4.60. The molecule has 2 heterocycles. The number of hydrogen-bond donors (Lipinski definition) is 0. The SMILES string of the molecule is CC(C)C(=O)N1CC2CC1C(=O)O2. The Kier molecular flexibility index (Phi) is 1.78. The van der Waals surface area contributed by atoms with E-state index < -0.39 is 0 Å². The molecule has 4 heteroatoms. The Bertz CT molecular complexity index is 262. The van der Waals surface area contributed by atoms with E-state index in [2.05, 4.69) is 0 Å². The van der Waals surface area contributed by atoms with E-state index >= 15 is 0 Å². The van der Waals surface area contributed by atoms with Crippen LogP contribution in [-0.4, -0.2) is 35.5 Å². The quantitative estimate of drug-likeness (QED) is 0.544. The Balaban J connectivity index is 2.11. The molecule has 0 saturated carbocycles. The lowest BCUT2D eigenvalue weighted by Crippen LogP contribution is -2.45. The number of esters is 1. The lowest BCUT2D eigenvalue weighted by molar-refractivity contribution is -0.158. The van der Waals surface area contributed by atoms with Gasteiger partial charge in [-0.1, -0.05) is 13.8 Å². The number of amides is 1. The van der Waals surface area contributed by atoms with Gasteiger partial charge in [0.05, 0.1) is 6.54 Å². The zero-order valence-corrected chi connectivity index (χ0v) is 7.82. The van der Waals surface area contributed by atoms with Crippen LogP contribution in [0.2, 0.25) is 0 Å². The van der Waals surface area contributed by atoms with Crippen LogP contribution >= 0.6 is 0 Å². The van der Waals surface area contributed by atoms with E-state index in [1.165, 1.54) is 0 Å². The molecule has 0 aliphatic carbocycles. The van der Waals surface area contributed by atoms with Crippen LogP contribution in [-0.2, 0) is 14.3 Å². The Morgan fingerprint density at radius 3 is 2.77 bits per heavy atom. The number of carbonyl (C=O) groups excluding carboxylic acids is 2. The molecule has 72 valence electrons. The summed E-state index contributed by atoms with van der Waals surface area (Å²) in [6.45, 7) is 4.28. The van der Waals surface area contributed by atoms with Crippen LogP contribution < -0.4 is 0 Å². The Morgan fingerprint density at radius 1 is 1.62 bits per heavy atom. The molecule has 2 fully saturated rings. The van der Waals surface area contributed by atoms with Crippen LogP contribution in [0.5, 0.6) is 0 Å². The fourth-order valence-corrected chi connectivity index (χ4v) is 1.92. The molecular formula is C9H13NO3. The summed E-state index contributed by atoms with van der Waals surface area (Å²) < 4.78 is 4.99. The van der Waals surface area contributed by atoms with Crippen molar-refractivity contribution in [1.29, 1.82) is 0 Å². The van der Waals surface area contributed by atoms with Crippen molar-refractivity contribution in [2.45, 2.75) is 32.4 Å². The van der Waals surface area contributed by atoms with Gasteiger partial charge in [0.15, 0.2) is 0 Å². The molecule has 0 aromatic carbocycles. The Labute approximate surface area is 76.8 Å². The number of hydrogen-bond acceptors (Lipinski definition) is 3. The van der Waals surface area contributed by atoms with Gasteiger partial charge >= 0.3 is 5.97 Å². The number of rotatable bonds is 1. The first kappa shape index (κ1) is 8.53. The van der Waals surface area contributed by atoms with Crippen molar-refractivity contribution in [2.24, 2.45) is 5.92 Å². The molecule has 0 spiro atoms. The zero-order chi connectivity index (χ0) is 9.59. The van der Waals surface area contributed by atoms with Crippen molar-refractivity contribution in [3.63, 3.8) is 0 Å². The molecular weight excluding hydrogens is 170 g/mol. The second kappa shape index (κ2) is 2.72. The summed E-state index contributed by atoms with van der Waals surface area (Å²) in [4.78, 5) is 24.4. The van der Waals surface area contributed by atoms with Gasteiger partial charge in [-0.05, 0) is 0 Å². The summed E-state index contributed by atoms with van der Waals surface area (Å²) >= 11 is 0. The Morgan fingerprint density at radius 2 is 2.31 bits per heavy atom. The van der Waals surface area contributed by atoms with Crippen molar-refractivity contribution in [3.05, 3.63) is 0 Å². The van der Waals surface area contributed by atoms with Gasteiger partial charge in [-0.3, -0.25) is 4.79 Å². The van der Waals surface area contributed by atoms with Crippen molar-refractivity contribution in [3.8, 4) is 0 Å². The summed E-state index contributed by atoms with van der Waals surface area (Å²) in [5.41, 5.74) is 0. The van der Waals surface area contributed by atoms with Gasteiger partial charge < -0.3 is 9.64 Å². The molecule has 2 aliphatic heterocycles. The highest BCUT2D eigenvalue weighted by atomic mass is 16.6. The fraction of sp³-hybridized carbons (Fsp3) is 0.778. The zero-order valence-electron chi connectivity index (χ0n) is 7.82. The highest BCUT2D eigenvalue weighted by Crippen LogP contribution is 2.29. The van der Waals surface area contributed by atoms with E-state index in [0.29, 0.717) is 13.0 Å². The molecule has 2 atom stereocenters. The first-order chi connectivity index (χ1) is 6.09. The van der Waals surface area contributed by atoms with Gasteiger partial charge in [-0.2, -0.15) is 0 Å². The summed E-state index contributed by atoms with van der Waals surface area (Å²) in [7, 11) is 0. The average Bonchev–Trinajstić information content (AvgIpc) is 2.60. The minimum Gasteiger partial charge on any atom is -0.459 e. The number of ether oxygens (including phenoxy) is 1. The van der Waals surface area contributed by atoms with Crippen LogP contribution in [0.3, 0.4) is 0 Å². The molecule has 13 heavy (non-hydrogen) atoms. The molecule has 4 nitrogen and oxygen atoms in total. The molecule has 0 aromatic heterocycles. The van der Waals surface area contributed by atoms with E-state index in [1.54, 1.807) is 4.90 Å². The van der Waals surface area contributed by atoms with Crippen molar-refractivity contribution >= 4 is 11.9 Å². The van der Waals surface area contributed by atoms with Crippen LogP contribution in [0.25, 0.3) is 0 Å². The standard InChI is InChI=1S/C9H13NO3/c1-5(2)8(11)10-4-6-3-7(10)9(12)13-6/h5-7H,3-4H2,1-2H3. The number of fused-ring (bicyclic) bond motifs is 2. The van der Waals surface area contributed by atoms with Gasteiger partial charge in [0.25, 0.3) is 0 Å². The lowest BCUT2D eigenvalue weighted by atomic mass is 10.1. The third-order valence-corrected chi connectivity index (χ3v) is 2.59. The summed E-state index contributed by atoms with van der Waals surface area (Å²) in [6.07, 6.45) is 0.650. The second-order valence-electron chi connectivity index (χ2n) is 3.96. The first-order valence-electron chi connectivity index (χ1n) is 4.60. The van der Waals surface area contributed by atoms with Gasteiger partial charge in [-0.25, -0.2) is 4.79 Å². The smallest absolute Gasteiger partial charge is 0.329 e. The summed E-state index contributed by atoms with van der Waals surface area (Å²) in [6, 6.07) is -0.292. The molecule has 0 radical (unpaired) electrons.